The van der Waals surface area contributed by atoms with Gasteiger partial charge in [0.25, 0.3) is 0 Å². The number of carbonyl (C=O) groups is 1. The average Bonchev–Trinajstić information content (AvgIpc) is 2.84. The van der Waals surface area contributed by atoms with Crippen LogP contribution < -0.4 is 11.1 Å². The van der Waals surface area contributed by atoms with Gasteiger partial charge in [0, 0.05) is 37.0 Å². The molecule has 1 unspecified atom stereocenters. The molecule has 1 aromatic heterocycles. The number of nitrogens with zero attached hydrogens (tertiary/aromatic N) is 2. The number of nitrogen functional groups attached to an aromatic ring is 1. The van der Waals surface area contributed by atoms with Crippen molar-refractivity contribution in [2.24, 2.45) is 0 Å². The second-order valence-electron chi connectivity index (χ2n) is 7.79. The Hall–Kier alpha value is -3.55. The van der Waals surface area contributed by atoms with E-state index in [9.17, 15) is 9.90 Å². The van der Waals surface area contributed by atoms with E-state index in [-0.39, 0.29) is 12.5 Å². The fraction of sp³-hybridized carbons (Fsp3) is 0.240. The predicted molar refractivity (Wildman–Crippen MR) is 124 cm³/mol. The number of rotatable bonds is 7. The number of amides is 1. The van der Waals surface area contributed by atoms with E-state index in [4.69, 9.17) is 11.1 Å². The number of fused-ring (bicyclic) bond motifs is 1. The van der Waals surface area contributed by atoms with Crippen molar-refractivity contribution < 1.29 is 9.90 Å². The van der Waals surface area contributed by atoms with Crippen LogP contribution in [0, 0.1) is 5.41 Å². The van der Waals surface area contributed by atoms with Crippen LogP contribution in [0.4, 0.5) is 5.82 Å². The number of nitrogens with two attached hydrogens (primary N) is 1. The monoisotopic (exact) mass is 429 g/mol. The molecular weight excluding hydrogens is 402 g/mol. The maximum Gasteiger partial charge on any atom is 0.244 e. The Morgan fingerprint density at radius 2 is 1.84 bits per heavy atom. The first-order valence-corrected chi connectivity index (χ1v) is 10.7. The van der Waals surface area contributed by atoms with Gasteiger partial charge in [0.05, 0.1) is 12.3 Å². The summed E-state index contributed by atoms with van der Waals surface area (Å²) in [6, 6.07) is 18.5. The van der Waals surface area contributed by atoms with Crippen LogP contribution in [-0.2, 0) is 17.8 Å². The fourth-order valence-corrected chi connectivity index (χ4v) is 4.16. The van der Waals surface area contributed by atoms with E-state index >= 15 is 0 Å². The van der Waals surface area contributed by atoms with Crippen molar-refractivity contribution in [1.29, 1.82) is 5.41 Å². The molecule has 0 radical (unpaired) electrons. The summed E-state index contributed by atoms with van der Waals surface area (Å²) < 4.78 is 0. The maximum absolute atomic E-state index is 13.4. The quantitative estimate of drug-likeness (QED) is 0.430. The number of aromatic nitrogens is 1. The van der Waals surface area contributed by atoms with Crippen molar-refractivity contribution in [2.45, 2.75) is 19.0 Å². The molecule has 7 nitrogen and oxygen atoms in total. The Morgan fingerprint density at radius 1 is 1.16 bits per heavy atom. The van der Waals surface area contributed by atoms with Crippen molar-refractivity contribution in [3.8, 4) is 0 Å². The first kappa shape index (κ1) is 21.7. The number of aliphatic hydroxyl groups is 1. The molecule has 5 N–H and O–H groups in total. The predicted octanol–water partition coefficient (Wildman–Crippen LogP) is 2.29. The van der Waals surface area contributed by atoms with Crippen molar-refractivity contribution in [3.63, 3.8) is 0 Å². The van der Waals surface area contributed by atoms with Crippen LogP contribution in [0.1, 0.15) is 33.9 Å². The summed E-state index contributed by atoms with van der Waals surface area (Å²) in [6.07, 6.45) is 2.31. The van der Waals surface area contributed by atoms with Crippen LogP contribution in [0.15, 0.2) is 66.9 Å². The highest BCUT2D eigenvalue weighted by molar-refractivity contribution is 6.14. The standard InChI is InChI=1S/C25H27N5O2/c26-22(17-7-3-1-4-8-17)21-20-11-13-30(16-19(20)15-29-24(21)27)25(32)23(28-12-14-31)18-9-5-2-6-10-18/h1-10,15,23,26,28,31H,11-14,16H2,(H2,27,29). The Morgan fingerprint density at radius 3 is 2.53 bits per heavy atom. The van der Waals surface area contributed by atoms with E-state index in [1.807, 2.05) is 60.7 Å². The number of hydrogen-bond acceptors (Lipinski definition) is 6. The minimum Gasteiger partial charge on any atom is -0.395 e. The lowest BCUT2D eigenvalue weighted by Crippen LogP contribution is -2.44. The minimum absolute atomic E-state index is 0.0480. The molecule has 3 aromatic rings. The third-order valence-corrected chi connectivity index (χ3v) is 5.76. The Kier molecular flexibility index (Phi) is 6.58. The van der Waals surface area contributed by atoms with E-state index in [0.717, 1.165) is 22.3 Å². The molecule has 1 atom stereocenters. The topological polar surface area (TPSA) is 115 Å². The number of aliphatic hydroxyl groups excluding tert-OH is 1. The number of hydrogen-bond donors (Lipinski definition) is 4. The molecule has 164 valence electrons. The first-order chi connectivity index (χ1) is 15.6. The molecule has 7 heteroatoms. The van der Waals surface area contributed by atoms with E-state index in [2.05, 4.69) is 10.3 Å². The van der Waals surface area contributed by atoms with Crippen LogP contribution in [0.5, 0.6) is 0 Å². The maximum atomic E-state index is 13.4. The summed E-state index contributed by atoms with van der Waals surface area (Å²) in [6.45, 7) is 1.20. The van der Waals surface area contributed by atoms with E-state index in [1.165, 1.54) is 0 Å². The molecule has 0 aliphatic carbocycles. The second kappa shape index (κ2) is 9.72. The first-order valence-electron chi connectivity index (χ1n) is 10.7. The number of nitrogens with one attached hydrogen (secondary N) is 2. The highest BCUT2D eigenvalue weighted by Gasteiger charge is 2.30. The summed E-state index contributed by atoms with van der Waals surface area (Å²) >= 11 is 0. The molecule has 4 rings (SSSR count). The number of carbonyl (C=O) groups excluding carboxylic acids is 1. The van der Waals surface area contributed by atoms with Gasteiger partial charge in [-0.05, 0) is 23.1 Å². The largest absolute Gasteiger partial charge is 0.395 e. The molecule has 2 heterocycles. The van der Waals surface area contributed by atoms with E-state index in [1.54, 1.807) is 11.1 Å². The SMILES string of the molecule is N=C(c1ccccc1)c1c(N)ncc2c1CCN(C(=O)C(NCCO)c1ccccc1)C2. The molecule has 1 aliphatic heterocycles. The minimum atomic E-state index is -0.534. The molecule has 0 bridgehead atoms. The van der Waals surface area contributed by atoms with Gasteiger partial charge in [-0.15, -0.1) is 0 Å². The normalized spacial score (nSPS) is 14.0. The van der Waals surface area contributed by atoms with Gasteiger partial charge in [-0.3, -0.25) is 15.5 Å². The molecule has 32 heavy (non-hydrogen) atoms. The zero-order valence-electron chi connectivity index (χ0n) is 17.8. The van der Waals surface area contributed by atoms with Crippen molar-refractivity contribution in [3.05, 3.63) is 94.7 Å². The number of pyridine rings is 1. The molecule has 0 spiro atoms. The summed E-state index contributed by atoms with van der Waals surface area (Å²) in [5.74, 6) is 0.288. The lowest BCUT2D eigenvalue weighted by atomic mass is 9.90. The van der Waals surface area contributed by atoms with Gasteiger partial charge in [0.15, 0.2) is 0 Å². The van der Waals surface area contributed by atoms with Gasteiger partial charge < -0.3 is 15.7 Å². The van der Waals surface area contributed by atoms with Gasteiger partial charge in [0.2, 0.25) is 5.91 Å². The third-order valence-electron chi connectivity index (χ3n) is 5.76. The van der Waals surface area contributed by atoms with Gasteiger partial charge in [-0.2, -0.15) is 0 Å². The molecule has 1 aliphatic rings. The zero-order chi connectivity index (χ0) is 22.5. The summed E-state index contributed by atoms with van der Waals surface area (Å²) in [4.78, 5) is 19.6. The van der Waals surface area contributed by atoms with E-state index < -0.39 is 6.04 Å². The highest BCUT2D eigenvalue weighted by atomic mass is 16.3. The van der Waals surface area contributed by atoms with Crippen molar-refractivity contribution in [2.75, 3.05) is 25.4 Å². The third kappa shape index (κ3) is 4.39. The number of anilines is 1. The van der Waals surface area contributed by atoms with Crippen molar-refractivity contribution in [1.82, 2.24) is 15.2 Å². The van der Waals surface area contributed by atoms with Gasteiger partial charge in [0.1, 0.15) is 11.9 Å². The Balaban J connectivity index is 1.61. The zero-order valence-corrected chi connectivity index (χ0v) is 17.8. The molecular formula is C25H27N5O2. The molecule has 0 fully saturated rings. The summed E-state index contributed by atoms with van der Waals surface area (Å²) in [5, 5.41) is 21.1. The van der Waals surface area contributed by atoms with E-state index in [0.29, 0.717) is 43.1 Å². The van der Waals surface area contributed by atoms with Crippen molar-refractivity contribution >= 4 is 17.4 Å². The lowest BCUT2D eigenvalue weighted by Gasteiger charge is -2.33. The highest BCUT2D eigenvalue weighted by Crippen LogP contribution is 2.29. The average molecular weight is 430 g/mol. The smallest absolute Gasteiger partial charge is 0.244 e. The Labute approximate surface area is 187 Å². The summed E-state index contributed by atoms with van der Waals surface area (Å²) in [5.41, 5.74) is 10.7. The van der Waals surface area contributed by atoms with Crippen LogP contribution in [0.2, 0.25) is 0 Å². The summed E-state index contributed by atoms with van der Waals surface area (Å²) in [7, 11) is 0. The van der Waals surface area contributed by atoms with Crippen LogP contribution in [0.25, 0.3) is 0 Å². The van der Waals surface area contributed by atoms with Crippen LogP contribution >= 0.6 is 0 Å². The van der Waals surface area contributed by atoms with Gasteiger partial charge >= 0.3 is 0 Å². The van der Waals surface area contributed by atoms with Gasteiger partial charge in [-0.1, -0.05) is 60.7 Å². The Bertz CT molecular complexity index is 1100. The number of benzene rings is 2. The second-order valence-corrected chi connectivity index (χ2v) is 7.79. The van der Waals surface area contributed by atoms with Crippen LogP contribution in [-0.4, -0.2) is 46.3 Å². The molecule has 0 saturated carbocycles. The molecule has 1 amide bonds. The fourth-order valence-electron chi connectivity index (χ4n) is 4.16. The lowest BCUT2D eigenvalue weighted by molar-refractivity contribution is -0.134. The molecule has 0 saturated heterocycles. The van der Waals surface area contributed by atoms with Gasteiger partial charge in [-0.25, -0.2) is 4.98 Å². The molecule has 2 aromatic carbocycles. The van der Waals surface area contributed by atoms with Crippen LogP contribution in [0.3, 0.4) is 0 Å².